The maximum atomic E-state index is 11.1. The minimum Gasteiger partial charge on any atom is -0.218 e. The van der Waals surface area contributed by atoms with E-state index in [-0.39, 0.29) is 0 Å². The molecule has 13 heavy (non-hydrogen) atoms. The highest BCUT2D eigenvalue weighted by atomic mass is 32.2. The second-order valence-corrected chi connectivity index (χ2v) is 6.35. The molecule has 1 N–H and O–H groups in total. The third-order valence-electron chi connectivity index (χ3n) is 3.27. The van der Waals surface area contributed by atoms with E-state index in [1.807, 2.05) is 0 Å². The van der Waals surface area contributed by atoms with Gasteiger partial charge < -0.3 is 0 Å². The number of nitrogens with one attached hydrogen (secondary N) is 1. The second kappa shape index (κ2) is 3.24. The van der Waals surface area contributed by atoms with E-state index in [0.717, 1.165) is 24.2 Å². The van der Waals surface area contributed by atoms with Gasteiger partial charge in [0, 0.05) is 0 Å². The predicted molar refractivity (Wildman–Crippen MR) is 51.8 cm³/mol. The lowest BCUT2D eigenvalue weighted by atomic mass is 10.2. The van der Waals surface area contributed by atoms with Crippen molar-refractivity contribution in [3.8, 4) is 0 Å². The molecule has 4 heteroatoms. The lowest BCUT2D eigenvalue weighted by Crippen LogP contribution is -2.22. The van der Waals surface area contributed by atoms with E-state index >= 15 is 0 Å². The normalized spacial score (nSPS) is 33.3. The standard InChI is InChI=1S/C9H17NO2S/c1-10-13(11,12)5-4-8-6-9(8)7-2-3-7/h7-10H,2-6H2,1H3/t8-,9+/m1/s1. The molecule has 0 aromatic rings. The molecule has 0 bridgehead atoms. The first-order chi connectivity index (χ1) is 6.12. The molecule has 0 saturated heterocycles. The Morgan fingerprint density at radius 1 is 1.38 bits per heavy atom. The molecular formula is C9H17NO2S. The third-order valence-corrected chi connectivity index (χ3v) is 4.67. The summed E-state index contributed by atoms with van der Waals surface area (Å²) in [5, 5.41) is 0. The molecule has 0 heterocycles. The topological polar surface area (TPSA) is 46.2 Å². The van der Waals surface area contributed by atoms with Crippen LogP contribution in [0.15, 0.2) is 0 Å². The van der Waals surface area contributed by atoms with Gasteiger partial charge in [-0.1, -0.05) is 0 Å². The molecule has 0 radical (unpaired) electrons. The van der Waals surface area contributed by atoms with E-state index in [2.05, 4.69) is 4.72 Å². The van der Waals surface area contributed by atoms with Crippen molar-refractivity contribution in [1.29, 1.82) is 0 Å². The molecule has 2 rings (SSSR count). The average Bonchev–Trinajstić information content (AvgIpc) is 2.93. The van der Waals surface area contributed by atoms with Crippen LogP contribution in [0.5, 0.6) is 0 Å². The molecule has 2 fully saturated rings. The van der Waals surface area contributed by atoms with Crippen molar-refractivity contribution in [2.45, 2.75) is 25.7 Å². The SMILES string of the molecule is CNS(=O)(=O)CC[C@@H]1C[C@H]1C1CC1. The minimum absolute atomic E-state index is 0.317. The fraction of sp³-hybridized carbons (Fsp3) is 1.00. The van der Waals surface area contributed by atoms with Crippen LogP contribution in [-0.2, 0) is 10.0 Å². The molecule has 0 spiro atoms. The summed E-state index contributed by atoms with van der Waals surface area (Å²) in [6.45, 7) is 0. The van der Waals surface area contributed by atoms with Gasteiger partial charge in [0.25, 0.3) is 0 Å². The number of rotatable bonds is 5. The van der Waals surface area contributed by atoms with Crippen molar-refractivity contribution in [3.05, 3.63) is 0 Å². The summed E-state index contributed by atoms with van der Waals surface area (Å²) in [6.07, 6.45) is 4.92. The van der Waals surface area contributed by atoms with Crippen molar-refractivity contribution in [1.82, 2.24) is 4.72 Å². The van der Waals surface area contributed by atoms with Crippen LogP contribution in [0.3, 0.4) is 0 Å². The Hall–Kier alpha value is -0.0900. The fourth-order valence-electron chi connectivity index (χ4n) is 2.11. The lowest BCUT2D eigenvalue weighted by molar-refractivity contribution is 0.572. The van der Waals surface area contributed by atoms with Gasteiger partial charge in [0.05, 0.1) is 5.75 Å². The molecule has 0 aromatic heterocycles. The maximum Gasteiger partial charge on any atom is 0.211 e. The summed E-state index contributed by atoms with van der Waals surface area (Å²) >= 11 is 0. The Bertz CT molecular complexity index is 282. The first-order valence-electron chi connectivity index (χ1n) is 5.03. The summed E-state index contributed by atoms with van der Waals surface area (Å²) < 4.78 is 24.6. The first-order valence-corrected chi connectivity index (χ1v) is 6.69. The van der Waals surface area contributed by atoms with Gasteiger partial charge in [-0.3, -0.25) is 0 Å². The second-order valence-electron chi connectivity index (χ2n) is 4.31. The van der Waals surface area contributed by atoms with Crippen molar-refractivity contribution < 1.29 is 8.42 Å². The zero-order valence-electron chi connectivity index (χ0n) is 7.99. The summed E-state index contributed by atoms with van der Waals surface area (Å²) in [5.74, 6) is 2.88. The average molecular weight is 203 g/mol. The third kappa shape index (κ3) is 2.44. The van der Waals surface area contributed by atoms with Crippen molar-refractivity contribution in [2.24, 2.45) is 17.8 Å². The van der Waals surface area contributed by atoms with Crippen LogP contribution >= 0.6 is 0 Å². The number of sulfonamides is 1. The Morgan fingerprint density at radius 2 is 2.08 bits per heavy atom. The van der Waals surface area contributed by atoms with Gasteiger partial charge in [0.1, 0.15) is 0 Å². The molecule has 2 aliphatic carbocycles. The van der Waals surface area contributed by atoms with Gasteiger partial charge in [-0.15, -0.1) is 0 Å². The molecule has 2 saturated carbocycles. The highest BCUT2D eigenvalue weighted by molar-refractivity contribution is 7.89. The Morgan fingerprint density at radius 3 is 2.62 bits per heavy atom. The van der Waals surface area contributed by atoms with Crippen LogP contribution < -0.4 is 4.72 Å². The summed E-state index contributed by atoms with van der Waals surface area (Å²) in [6, 6.07) is 0. The van der Waals surface area contributed by atoms with Gasteiger partial charge in [0.15, 0.2) is 0 Å². The van der Waals surface area contributed by atoms with Gasteiger partial charge >= 0.3 is 0 Å². The van der Waals surface area contributed by atoms with Crippen molar-refractivity contribution >= 4 is 10.0 Å². The van der Waals surface area contributed by atoms with E-state index in [1.54, 1.807) is 0 Å². The van der Waals surface area contributed by atoms with E-state index < -0.39 is 10.0 Å². The molecule has 0 aromatic carbocycles. The molecule has 0 aliphatic heterocycles. The van der Waals surface area contributed by atoms with Crippen molar-refractivity contribution in [3.63, 3.8) is 0 Å². The summed E-state index contributed by atoms with van der Waals surface area (Å²) in [4.78, 5) is 0. The van der Waals surface area contributed by atoms with Crippen molar-refractivity contribution in [2.75, 3.05) is 12.8 Å². The van der Waals surface area contributed by atoms with Crippen LogP contribution in [0.2, 0.25) is 0 Å². The Labute approximate surface area is 80.0 Å². The minimum atomic E-state index is -2.95. The van der Waals surface area contributed by atoms with Gasteiger partial charge in [0.2, 0.25) is 10.0 Å². The summed E-state index contributed by atoms with van der Waals surface area (Å²) in [5.41, 5.74) is 0. The van der Waals surface area contributed by atoms with Gasteiger partial charge in [-0.05, 0) is 50.5 Å². The molecule has 2 aliphatic rings. The molecule has 0 unspecified atom stereocenters. The molecular weight excluding hydrogens is 186 g/mol. The highest BCUT2D eigenvalue weighted by Gasteiger charge is 2.46. The zero-order chi connectivity index (χ0) is 9.47. The smallest absolute Gasteiger partial charge is 0.211 e. The molecule has 0 amide bonds. The Balaban J connectivity index is 1.69. The van der Waals surface area contributed by atoms with Gasteiger partial charge in [-0.2, -0.15) is 0 Å². The lowest BCUT2D eigenvalue weighted by Gasteiger charge is -2.00. The fourth-order valence-corrected chi connectivity index (χ4v) is 2.93. The number of hydrogen-bond donors (Lipinski definition) is 1. The van der Waals surface area contributed by atoms with E-state index in [9.17, 15) is 8.42 Å². The quantitative estimate of drug-likeness (QED) is 0.723. The highest BCUT2D eigenvalue weighted by Crippen LogP contribution is 2.55. The zero-order valence-corrected chi connectivity index (χ0v) is 8.81. The maximum absolute atomic E-state index is 11.1. The Kier molecular flexibility index (Phi) is 2.36. The molecule has 3 nitrogen and oxygen atoms in total. The van der Waals surface area contributed by atoms with E-state index in [1.165, 1.54) is 26.3 Å². The number of hydrogen-bond acceptors (Lipinski definition) is 2. The monoisotopic (exact) mass is 203 g/mol. The largest absolute Gasteiger partial charge is 0.218 e. The first kappa shape index (κ1) is 9.46. The van der Waals surface area contributed by atoms with E-state index in [0.29, 0.717) is 5.75 Å². The van der Waals surface area contributed by atoms with Crippen LogP contribution in [0.4, 0.5) is 0 Å². The van der Waals surface area contributed by atoms with Crippen LogP contribution in [-0.4, -0.2) is 21.2 Å². The van der Waals surface area contributed by atoms with Crippen LogP contribution in [0, 0.1) is 17.8 Å². The van der Waals surface area contributed by atoms with Crippen LogP contribution in [0.1, 0.15) is 25.7 Å². The van der Waals surface area contributed by atoms with E-state index in [4.69, 9.17) is 0 Å². The molecule has 76 valence electrons. The summed E-state index contributed by atoms with van der Waals surface area (Å²) in [7, 11) is -1.47. The molecule has 2 atom stereocenters. The van der Waals surface area contributed by atoms with Crippen LogP contribution in [0.25, 0.3) is 0 Å². The predicted octanol–water partition coefficient (Wildman–Crippen LogP) is 0.972. The van der Waals surface area contributed by atoms with Gasteiger partial charge in [-0.25, -0.2) is 13.1 Å².